The molecule has 0 spiro atoms. The van der Waals surface area contributed by atoms with Crippen LogP contribution in [-0.2, 0) is 0 Å². The first-order valence-electron chi connectivity index (χ1n) is 23.1. The van der Waals surface area contributed by atoms with Crippen molar-refractivity contribution >= 4 is 75.4 Å². The first-order valence-corrected chi connectivity index (χ1v) is 23.9. The van der Waals surface area contributed by atoms with Crippen LogP contribution in [0.1, 0.15) is 0 Å². The molecule has 0 radical (unpaired) electrons. The molecule has 10 aromatic carbocycles. The van der Waals surface area contributed by atoms with E-state index in [2.05, 4.69) is 164 Å². The van der Waals surface area contributed by atoms with Crippen LogP contribution >= 0.6 is 11.3 Å². The fourth-order valence-corrected chi connectivity index (χ4v) is 11.1. The Balaban J connectivity index is 0.969. The molecule has 14 aromatic rings. The minimum absolute atomic E-state index is 0.561. The SMILES string of the molecule is c1ccc(-c2ccc(-c3nc(-c4ccccc4)nc(-c4cccc5oc6c(-c7ccc(-c8ccc9sc%10ccccc%10c9c8)cc7)cc(-c7cccc8c7oc7ccccc78)cc6c45)n3)cc2)cc1. The Labute approximate surface area is 400 Å². The molecule has 0 saturated carbocycles. The van der Waals surface area contributed by atoms with Crippen LogP contribution in [0, 0.1) is 0 Å². The average Bonchev–Trinajstić information content (AvgIpc) is 4.12. The molecule has 4 heterocycles. The first-order chi connectivity index (χ1) is 34.2. The fourth-order valence-electron chi connectivity index (χ4n) is 9.99. The highest BCUT2D eigenvalue weighted by molar-refractivity contribution is 7.25. The lowest BCUT2D eigenvalue weighted by atomic mass is 9.93. The van der Waals surface area contributed by atoms with Gasteiger partial charge in [0.1, 0.15) is 22.3 Å². The van der Waals surface area contributed by atoms with Gasteiger partial charge in [0.15, 0.2) is 17.5 Å². The van der Waals surface area contributed by atoms with Crippen molar-refractivity contribution in [2.24, 2.45) is 0 Å². The van der Waals surface area contributed by atoms with Gasteiger partial charge in [0.05, 0.1) is 0 Å². The molecule has 6 heteroatoms. The average molecular weight is 900 g/mol. The lowest BCUT2D eigenvalue weighted by molar-refractivity contribution is 0.669. The van der Waals surface area contributed by atoms with Crippen LogP contribution in [0.3, 0.4) is 0 Å². The number of hydrogen-bond acceptors (Lipinski definition) is 6. The largest absolute Gasteiger partial charge is 0.455 e. The highest BCUT2D eigenvalue weighted by atomic mass is 32.1. The topological polar surface area (TPSA) is 65.0 Å². The van der Waals surface area contributed by atoms with Crippen LogP contribution in [-0.4, -0.2) is 15.0 Å². The third-order valence-electron chi connectivity index (χ3n) is 13.4. The molecule has 0 aliphatic rings. The maximum Gasteiger partial charge on any atom is 0.164 e. The zero-order valence-electron chi connectivity index (χ0n) is 36.9. The number of nitrogens with zero attached hydrogens (tertiary/aromatic N) is 3. The zero-order valence-corrected chi connectivity index (χ0v) is 37.7. The number of benzene rings is 10. The molecule has 69 heavy (non-hydrogen) atoms. The van der Waals surface area contributed by atoms with Crippen molar-refractivity contribution in [1.82, 2.24) is 15.0 Å². The monoisotopic (exact) mass is 899 g/mol. The Kier molecular flexibility index (Phi) is 9.00. The van der Waals surface area contributed by atoms with Gasteiger partial charge in [0, 0.05) is 69.5 Å². The van der Waals surface area contributed by atoms with E-state index in [1.807, 2.05) is 72.0 Å². The summed E-state index contributed by atoms with van der Waals surface area (Å²) in [4.78, 5) is 15.6. The number of aromatic nitrogens is 3. The van der Waals surface area contributed by atoms with Gasteiger partial charge in [-0.25, -0.2) is 15.0 Å². The molecule has 0 bridgehead atoms. The van der Waals surface area contributed by atoms with Gasteiger partial charge in [-0.15, -0.1) is 11.3 Å². The summed E-state index contributed by atoms with van der Waals surface area (Å²) in [5, 5.41) is 6.62. The van der Waals surface area contributed by atoms with Gasteiger partial charge in [0.2, 0.25) is 0 Å². The molecule has 0 N–H and O–H groups in total. The first kappa shape index (κ1) is 39.2. The normalized spacial score (nSPS) is 11.8. The van der Waals surface area contributed by atoms with Gasteiger partial charge < -0.3 is 8.83 Å². The highest BCUT2D eigenvalue weighted by Gasteiger charge is 2.23. The van der Waals surface area contributed by atoms with E-state index >= 15 is 0 Å². The van der Waals surface area contributed by atoms with Crippen molar-refractivity contribution in [2.45, 2.75) is 0 Å². The van der Waals surface area contributed by atoms with Crippen molar-refractivity contribution in [2.75, 3.05) is 0 Å². The molecule has 0 amide bonds. The van der Waals surface area contributed by atoms with Gasteiger partial charge in [-0.05, 0) is 75.8 Å². The summed E-state index contributed by atoms with van der Waals surface area (Å²) in [7, 11) is 0. The predicted molar refractivity (Wildman–Crippen MR) is 285 cm³/mol. The van der Waals surface area contributed by atoms with Crippen molar-refractivity contribution < 1.29 is 8.83 Å². The smallest absolute Gasteiger partial charge is 0.164 e. The summed E-state index contributed by atoms with van der Waals surface area (Å²) in [5.41, 5.74) is 14.5. The van der Waals surface area contributed by atoms with Crippen LogP contribution in [0.4, 0.5) is 0 Å². The van der Waals surface area contributed by atoms with E-state index in [9.17, 15) is 0 Å². The summed E-state index contributed by atoms with van der Waals surface area (Å²) >= 11 is 1.84. The molecule has 0 aliphatic heterocycles. The number of fused-ring (bicyclic) bond motifs is 9. The summed E-state index contributed by atoms with van der Waals surface area (Å²) in [6.45, 7) is 0. The van der Waals surface area contributed by atoms with Crippen LogP contribution < -0.4 is 0 Å². The number of furan rings is 2. The maximum absolute atomic E-state index is 7.01. The molecule has 0 saturated heterocycles. The molecule has 0 atom stereocenters. The van der Waals surface area contributed by atoms with Gasteiger partial charge in [-0.3, -0.25) is 0 Å². The third-order valence-corrected chi connectivity index (χ3v) is 14.5. The van der Waals surface area contributed by atoms with E-state index in [1.54, 1.807) is 0 Å². The van der Waals surface area contributed by atoms with Crippen LogP contribution in [0.25, 0.3) is 143 Å². The summed E-state index contributed by atoms with van der Waals surface area (Å²) in [6.07, 6.45) is 0. The van der Waals surface area contributed by atoms with Gasteiger partial charge in [-0.2, -0.15) is 0 Å². The zero-order chi connectivity index (χ0) is 45.4. The van der Waals surface area contributed by atoms with Gasteiger partial charge in [-0.1, -0.05) is 182 Å². The van der Waals surface area contributed by atoms with Crippen molar-refractivity contribution in [3.05, 3.63) is 224 Å². The molecule has 0 aliphatic carbocycles. The van der Waals surface area contributed by atoms with Gasteiger partial charge >= 0.3 is 0 Å². The standard InChI is InChI=1S/C63H37N3O2S/c1-3-13-38(14-4-1)39-27-31-43(32-28-39)62-64-61(42-15-5-2-6-16-42)65-63(66-62)50-21-12-23-55-58(50)53-37-45(46-19-11-20-49-47-17-7-9-22-54(47)67-59(46)49)36-51(60(53)68-55)41-29-25-40(26-30-41)44-33-34-57-52(35-44)48-18-8-10-24-56(48)69-57/h1-37H. The van der Waals surface area contributed by atoms with E-state index in [0.29, 0.717) is 17.5 Å². The molecule has 322 valence electrons. The second-order valence-corrected chi connectivity index (χ2v) is 18.5. The molecule has 4 aromatic heterocycles. The Morgan fingerprint density at radius 1 is 0.275 bits per heavy atom. The molecular weight excluding hydrogens is 863 g/mol. The van der Waals surface area contributed by atoms with E-state index < -0.39 is 0 Å². The number of rotatable bonds is 7. The molecule has 5 nitrogen and oxygen atoms in total. The number of para-hydroxylation sites is 2. The minimum Gasteiger partial charge on any atom is -0.455 e. The van der Waals surface area contributed by atoms with E-state index in [4.69, 9.17) is 23.8 Å². The Bertz CT molecular complexity index is 4290. The van der Waals surface area contributed by atoms with Crippen molar-refractivity contribution in [3.8, 4) is 78.7 Å². The van der Waals surface area contributed by atoms with E-state index in [-0.39, 0.29) is 0 Å². The predicted octanol–water partition coefficient (Wildman–Crippen LogP) is 17.7. The lowest BCUT2D eigenvalue weighted by Gasteiger charge is -2.11. The number of hydrogen-bond donors (Lipinski definition) is 0. The third kappa shape index (κ3) is 6.64. The van der Waals surface area contributed by atoms with Crippen LogP contribution in [0.5, 0.6) is 0 Å². The van der Waals surface area contributed by atoms with Crippen molar-refractivity contribution in [1.29, 1.82) is 0 Å². The molecule has 0 unspecified atom stereocenters. The van der Waals surface area contributed by atoms with Gasteiger partial charge in [0.25, 0.3) is 0 Å². The van der Waals surface area contributed by atoms with Crippen LogP contribution in [0.2, 0.25) is 0 Å². The Morgan fingerprint density at radius 2 is 0.783 bits per heavy atom. The highest BCUT2D eigenvalue weighted by Crippen LogP contribution is 2.45. The van der Waals surface area contributed by atoms with E-state index in [1.165, 1.54) is 25.7 Å². The lowest BCUT2D eigenvalue weighted by Crippen LogP contribution is -2.00. The maximum atomic E-state index is 7.01. The Hall–Kier alpha value is -8.97. The molecule has 14 rings (SSSR count). The summed E-state index contributed by atoms with van der Waals surface area (Å²) < 4.78 is 16.3. The summed E-state index contributed by atoms with van der Waals surface area (Å²) in [5.74, 6) is 1.75. The fraction of sp³-hybridized carbons (Fsp3) is 0. The minimum atomic E-state index is 0.561. The Morgan fingerprint density at radius 3 is 1.58 bits per heavy atom. The quantitative estimate of drug-likeness (QED) is 0.159. The second kappa shape index (κ2) is 15.8. The van der Waals surface area contributed by atoms with E-state index in [0.717, 1.165) is 99.5 Å². The summed E-state index contributed by atoms with van der Waals surface area (Å²) in [6, 6.07) is 78.6. The molecule has 0 fully saturated rings. The molecular formula is C63H37N3O2S. The number of thiophene rings is 1. The van der Waals surface area contributed by atoms with Crippen molar-refractivity contribution in [3.63, 3.8) is 0 Å². The van der Waals surface area contributed by atoms with Crippen LogP contribution in [0.15, 0.2) is 233 Å². The second-order valence-electron chi connectivity index (χ2n) is 17.5.